The van der Waals surface area contributed by atoms with Gasteiger partial charge in [-0.05, 0) is 30.5 Å². The molecular formula is C18H21N5O2. The summed E-state index contributed by atoms with van der Waals surface area (Å²) in [5.74, 6) is 1.09. The van der Waals surface area contributed by atoms with Crippen LogP contribution in [0.3, 0.4) is 0 Å². The van der Waals surface area contributed by atoms with Crippen LogP contribution in [0.5, 0.6) is 0 Å². The molecule has 1 unspecified atom stereocenters. The monoisotopic (exact) mass is 339 g/mol. The van der Waals surface area contributed by atoms with Gasteiger partial charge in [0.15, 0.2) is 5.82 Å². The van der Waals surface area contributed by atoms with Crippen LogP contribution in [0.2, 0.25) is 0 Å². The summed E-state index contributed by atoms with van der Waals surface area (Å²) in [5.41, 5.74) is 8.66. The highest BCUT2D eigenvalue weighted by atomic mass is 16.5. The van der Waals surface area contributed by atoms with Crippen molar-refractivity contribution >= 4 is 17.2 Å². The summed E-state index contributed by atoms with van der Waals surface area (Å²) in [7, 11) is 0. The Morgan fingerprint density at radius 1 is 1.28 bits per heavy atom. The molecule has 2 aromatic heterocycles. The van der Waals surface area contributed by atoms with Crippen molar-refractivity contribution in [2.45, 2.75) is 25.8 Å². The largest absolute Gasteiger partial charge is 0.387 e. The number of nitrogens with one attached hydrogen (secondary N) is 1. The average molecular weight is 339 g/mol. The standard InChI is InChI=1S/C18H21N5O2/c1-11-10-14(12-2-6-20-7-3-12)15-17(22-16(11)19)23(18(24)21-15)13-4-8-25-9-5-13/h2-3,6-7,10-11,13H,4-5,8-9H2,1H3,(H2,19,22)(H,21,24). The van der Waals surface area contributed by atoms with Crippen LogP contribution in [0.4, 0.5) is 5.82 Å². The molecule has 25 heavy (non-hydrogen) atoms. The molecule has 2 aromatic rings. The van der Waals surface area contributed by atoms with Gasteiger partial charge in [0.1, 0.15) is 5.84 Å². The van der Waals surface area contributed by atoms with Crippen LogP contribution in [0.1, 0.15) is 37.1 Å². The number of nitrogens with zero attached hydrogens (tertiary/aromatic N) is 3. The number of fused-ring (bicyclic) bond motifs is 1. The zero-order valence-corrected chi connectivity index (χ0v) is 14.1. The molecule has 1 fully saturated rings. The van der Waals surface area contributed by atoms with Gasteiger partial charge in [-0.2, -0.15) is 0 Å². The SMILES string of the molecule is CC1C=C(c2ccncc2)c2[nH]c(=O)n(C3CCOCC3)c2N=C1N. The highest BCUT2D eigenvalue weighted by Gasteiger charge is 2.27. The number of aromatic nitrogens is 3. The van der Waals surface area contributed by atoms with Crippen molar-refractivity contribution in [3.63, 3.8) is 0 Å². The molecule has 4 heterocycles. The molecule has 1 saturated heterocycles. The summed E-state index contributed by atoms with van der Waals surface area (Å²) in [6.45, 7) is 3.31. The number of H-pyrrole nitrogens is 1. The molecule has 0 bridgehead atoms. The van der Waals surface area contributed by atoms with Crippen LogP contribution in [0.25, 0.3) is 5.57 Å². The van der Waals surface area contributed by atoms with E-state index in [0.29, 0.717) is 24.9 Å². The maximum absolute atomic E-state index is 12.7. The van der Waals surface area contributed by atoms with Crippen molar-refractivity contribution in [3.05, 3.63) is 52.3 Å². The van der Waals surface area contributed by atoms with Gasteiger partial charge in [-0.25, -0.2) is 9.79 Å². The van der Waals surface area contributed by atoms with E-state index in [4.69, 9.17) is 10.5 Å². The lowest BCUT2D eigenvalue weighted by molar-refractivity contribution is 0.0692. The van der Waals surface area contributed by atoms with Crippen molar-refractivity contribution < 1.29 is 4.74 Å². The van der Waals surface area contributed by atoms with Gasteiger partial charge in [-0.1, -0.05) is 13.0 Å². The van der Waals surface area contributed by atoms with Crippen LogP contribution in [0.15, 0.2) is 40.4 Å². The molecule has 0 radical (unpaired) electrons. The van der Waals surface area contributed by atoms with E-state index in [0.717, 1.165) is 29.7 Å². The molecule has 0 amide bonds. The molecule has 1 atom stereocenters. The van der Waals surface area contributed by atoms with E-state index < -0.39 is 0 Å². The number of hydrogen-bond acceptors (Lipinski definition) is 5. The Morgan fingerprint density at radius 2 is 2.00 bits per heavy atom. The zero-order chi connectivity index (χ0) is 17.4. The van der Waals surface area contributed by atoms with Crippen molar-refractivity contribution in [2.24, 2.45) is 16.6 Å². The van der Waals surface area contributed by atoms with Gasteiger partial charge in [0.2, 0.25) is 0 Å². The minimum Gasteiger partial charge on any atom is -0.387 e. The Hall–Kier alpha value is -2.67. The molecule has 0 aromatic carbocycles. The molecule has 0 saturated carbocycles. The predicted octanol–water partition coefficient (Wildman–Crippen LogP) is 1.99. The van der Waals surface area contributed by atoms with E-state index in [2.05, 4.69) is 15.0 Å². The molecule has 3 N–H and O–H groups in total. The fourth-order valence-corrected chi connectivity index (χ4v) is 3.43. The second kappa shape index (κ2) is 6.33. The average Bonchev–Trinajstić information content (AvgIpc) is 2.90. The maximum atomic E-state index is 12.7. The van der Waals surface area contributed by atoms with Crippen molar-refractivity contribution in [2.75, 3.05) is 13.2 Å². The normalized spacial score (nSPS) is 21.2. The number of hydrogen-bond donors (Lipinski definition) is 2. The number of aliphatic imine (C=N–C) groups is 1. The number of ether oxygens (including phenoxy) is 1. The lowest BCUT2D eigenvalue weighted by atomic mass is 9.99. The summed E-state index contributed by atoms with van der Waals surface area (Å²) in [6, 6.07) is 3.92. The molecule has 7 heteroatoms. The minimum atomic E-state index is -0.150. The Bertz CT molecular complexity index is 888. The number of imidazole rings is 1. The topological polar surface area (TPSA) is 98.3 Å². The lowest BCUT2D eigenvalue weighted by Gasteiger charge is -2.23. The van der Waals surface area contributed by atoms with Crippen molar-refractivity contribution in [3.8, 4) is 0 Å². The predicted molar refractivity (Wildman–Crippen MR) is 95.9 cm³/mol. The molecule has 0 spiro atoms. The van der Waals surface area contributed by atoms with Crippen LogP contribution in [-0.2, 0) is 4.74 Å². The quantitative estimate of drug-likeness (QED) is 0.874. The number of amidine groups is 1. The summed E-state index contributed by atoms with van der Waals surface area (Å²) in [6.07, 6.45) is 7.11. The van der Waals surface area contributed by atoms with Crippen LogP contribution >= 0.6 is 0 Å². The van der Waals surface area contributed by atoms with E-state index in [1.54, 1.807) is 17.0 Å². The Balaban J connectivity index is 1.91. The van der Waals surface area contributed by atoms with Crippen LogP contribution < -0.4 is 11.4 Å². The highest BCUT2D eigenvalue weighted by molar-refractivity contribution is 5.94. The smallest absolute Gasteiger partial charge is 0.327 e. The Kier molecular flexibility index (Phi) is 4.01. The van der Waals surface area contributed by atoms with Crippen LogP contribution in [0, 0.1) is 5.92 Å². The van der Waals surface area contributed by atoms with Crippen LogP contribution in [-0.4, -0.2) is 33.6 Å². The first-order valence-corrected chi connectivity index (χ1v) is 8.54. The fraction of sp³-hybridized carbons (Fsp3) is 0.389. The molecule has 2 aliphatic rings. The molecular weight excluding hydrogens is 318 g/mol. The van der Waals surface area contributed by atoms with E-state index in [1.807, 2.05) is 25.1 Å². The van der Waals surface area contributed by atoms with Gasteiger partial charge in [0.05, 0.1) is 5.69 Å². The van der Waals surface area contributed by atoms with Gasteiger partial charge in [-0.15, -0.1) is 0 Å². The summed E-state index contributed by atoms with van der Waals surface area (Å²) in [5, 5.41) is 0. The van der Waals surface area contributed by atoms with Gasteiger partial charge in [0.25, 0.3) is 0 Å². The van der Waals surface area contributed by atoms with E-state index in [9.17, 15) is 4.79 Å². The summed E-state index contributed by atoms with van der Waals surface area (Å²) < 4.78 is 7.18. The highest BCUT2D eigenvalue weighted by Crippen LogP contribution is 2.35. The molecule has 0 aliphatic carbocycles. The summed E-state index contributed by atoms with van der Waals surface area (Å²) >= 11 is 0. The zero-order valence-electron chi connectivity index (χ0n) is 14.1. The number of nitrogens with two attached hydrogens (primary N) is 1. The molecule has 130 valence electrons. The Labute approximate surface area is 145 Å². The van der Waals surface area contributed by atoms with Gasteiger partial charge >= 0.3 is 5.69 Å². The van der Waals surface area contributed by atoms with Gasteiger partial charge in [-0.3, -0.25) is 9.55 Å². The van der Waals surface area contributed by atoms with Crippen molar-refractivity contribution in [1.29, 1.82) is 0 Å². The fourth-order valence-electron chi connectivity index (χ4n) is 3.43. The third-order valence-electron chi connectivity index (χ3n) is 4.84. The molecule has 2 aliphatic heterocycles. The van der Waals surface area contributed by atoms with E-state index in [-0.39, 0.29) is 17.6 Å². The first-order valence-electron chi connectivity index (χ1n) is 8.54. The first-order chi connectivity index (χ1) is 12.1. The number of pyridine rings is 1. The third-order valence-corrected chi connectivity index (χ3v) is 4.84. The van der Waals surface area contributed by atoms with Crippen molar-refractivity contribution in [1.82, 2.24) is 14.5 Å². The number of rotatable bonds is 2. The summed E-state index contributed by atoms with van der Waals surface area (Å²) in [4.78, 5) is 24.4. The van der Waals surface area contributed by atoms with E-state index in [1.165, 1.54) is 0 Å². The number of aromatic amines is 1. The third kappa shape index (κ3) is 2.80. The van der Waals surface area contributed by atoms with E-state index >= 15 is 0 Å². The Morgan fingerprint density at radius 3 is 2.72 bits per heavy atom. The lowest BCUT2D eigenvalue weighted by Crippen LogP contribution is -2.28. The minimum absolute atomic E-state index is 0.0257. The van der Waals surface area contributed by atoms with Gasteiger partial charge < -0.3 is 15.5 Å². The molecule has 7 nitrogen and oxygen atoms in total. The second-order valence-electron chi connectivity index (χ2n) is 6.48. The maximum Gasteiger partial charge on any atom is 0.327 e. The first kappa shape index (κ1) is 15.8. The second-order valence-corrected chi connectivity index (χ2v) is 6.48. The molecule has 4 rings (SSSR count). The van der Waals surface area contributed by atoms with Gasteiger partial charge in [0, 0.05) is 43.1 Å².